The second-order valence-corrected chi connectivity index (χ2v) is 6.73. The Bertz CT molecular complexity index is 486. The topological polar surface area (TPSA) is 75.2 Å². The highest BCUT2D eigenvalue weighted by molar-refractivity contribution is 5.02. The molecule has 0 unspecified atom stereocenters. The van der Waals surface area contributed by atoms with Crippen LogP contribution < -0.4 is 5.73 Å². The summed E-state index contributed by atoms with van der Waals surface area (Å²) in [7, 11) is 0. The zero-order valence-corrected chi connectivity index (χ0v) is 12.4. The third-order valence-electron chi connectivity index (χ3n) is 5.19. The number of ether oxygens (including phenoxy) is 2. The van der Waals surface area contributed by atoms with E-state index in [9.17, 15) is 0 Å². The molecule has 116 valence electrons. The molecule has 2 saturated heterocycles. The average molecular weight is 292 g/mol. The molecule has 2 N–H and O–H groups in total. The van der Waals surface area contributed by atoms with Gasteiger partial charge in [-0.25, -0.2) is 4.68 Å². The lowest BCUT2D eigenvalue weighted by Gasteiger charge is -2.20. The zero-order chi connectivity index (χ0) is 14.2. The Balaban J connectivity index is 1.42. The zero-order valence-electron chi connectivity index (χ0n) is 12.4. The number of rotatable bonds is 3. The summed E-state index contributed by atoms with van der Waals surface area (Å²) >= 11 is 0. The Morgan fingerprint density at radius 3 is 2.81 bits per heavy atom. The van der Waals surface area contributed by atoms with Gasteiger partial charge in [-0.2, -0.15) is 0 Å². The maximum absolute atomic E-state index is 5.99. The Morgan fingerprint density at radius 2 is 1.95 bits per heavy atom. The highest BCUT2D eigenvalue weighted by atomic mass is 16.6. The number of aromatic nitrogens is 3. The molecule has 4 atom stereocenters. The smallest absolute Gasteiger partial charge is 0.110 e. The van der Waals surface area contributed by atoms with Gasteiger partial charge >= 0.3 is 0 Å². The molecule has 2 aliphatic heterocycles. The van der Waals surface area contributed by atoms with Crippen molar-refractivity contribution < 1.29 is 9.47 Å². The number of nitrogens with zero attached hydrogens (tertiary/aromatic N) is 3. The summed E-state index contributed by atoms with van der Waals surface area (Å²) in [5.41, 5.74) is 7.10. The third kappa shape index (κ3) is 2.60. The third-order valence-corrected chi connectivity index (χ3v) is 5.19. The second-order valence-electron chi connectivity index (χ2n) is 6.73. The summed E-state index contributed by atoms with van der Waals surface area (Å²) in [6.45, 7) is 1.20. The number of fused-ring (bicyclic) bond motifs is 1. The minimum Gasteiger partial charge on any atom is -0.371 e. The van der Waals surface area contributed by atoms with E-state index in [1.165, 1.54) is 32.1 Å². The van der Waals surface area contributed by atoms with Crippen LogP contribution in [0, 0.1) is 5.92 Å². The predicted octanol–water partition coefficient (Wildman–Crippen LogP) is 1.07. The van der Waals surface area contributed by atoms with Crippen LogP contribution in [0.5, 0.6) is 0 Å². The molecule has 21 heavy (non-hydrogen) atoms. The van der Waals surface area contributed by atoms with Crippen molar-refractivity contribution in [2.45, 2.75) is 62.8 Å². The molecule has 1 aliphatic carbocycles. The van der Waals surface area contributed by atoms with E-state index in [-0.39, 0.29) is 24.3 Å². The first-order chi connectivity index (χ1) is 10.3. The van der Waals surface area contributed by atoms with Gasteiger partial charge in [0.1, 0.15) is 18.2 Å². The normalized spacial score (nSPS) is 37.0. The van der Waals surface area contributed by atoms with Gasteiger partial charge in [-0.05, 0) is 12.3 Å². The molecule has 3 fully saturated rings. The van der Waals surface area contributed by atoms with Crippen molar-refractivity contribution in [1.82, 2.24) is 15.0 Å². The van der Waals surface area contributed by atoms with Gasteiger partial charge in [0, 0.05) is 6.20 Å². The van der Waals surface area contributed by atoms with E-state index in [2.05, 4.69) is 16.5 Å². The van der Waals surface area contributed by atoms with Gasteiger partial charge in [-0.1, -0.05) is 37.3 Å². The van der Waals surface area contributed by atoms with Gasteiger partial charge in [-0.15, -0.1) is 5.10 Å². The first kappa shape index (κ1) is 13.7. The van der Waals surface area contributed by atoms with Crippen LogP contribution in [0.1, 0.15) is 43.8 Å². The quantitative estimate of drug-likeness (QED) is 0.902. The maximum atomic E-state index is 5.99. The molecular weight excluding hydrogens is 268 g/mol. The van der Waals surface area contributed by atoms with Gasteiger partial charge in [0.05, 0.1) is 24.9 Å². The van der Waals surface area contributed by atoms with Crippen LogP contribution in [-0.2, 0) is 15.9 Å². The number of hydrogen-bond acceptors (Lipinski definition) is 5. The molecule has 0 spiro atoms. The lowest BCUT2D eigenvalue weighted by molar-refractivity contribution is 0.0627. The van der Waals surface area contributed by atoms with E-state index in [4.69, 9.17) is 15.2 Å². The summed E-state index contributed by atoms with van der Waals surface area (Å²) < 4.78 is 13.5. The molecule has 0 aromatic carbocycles. The first-order valence-corrected chi connectivity index (χ1v) is 8.21. The predicted molar refractivity (Wildman–Crippen MR) is 76.8 cm³/mol. The number of nitrogens with two attached hydrogens (primary N) is 1. The minimum atomic E-state index is -0.00905. The molecular formula is C15H24N4O2. The van der Waals surface area contributed by atoms with Crippen molar-refractivity contribution in [2.75, 3.05) is 13.2 Å². The lowest BCUT2D eigenvalue weighted by atomic mass is 9.86. The highest BCUT2D eigenvalue weighted by Gasteiger charge is 2.47. The Hall–Kier alpha value is -0.980. The standard InChI is InChI=1S/C15H24N4O2/c16-12-8-20-15-13(9-21-14(12)15)19-7-11(17-18-19)6-10-4-2-1-3-5-10/h7,10,12-15H,1-6,8-9,16H2/t12-,13+,14-,15+/m0/s1. The van der Waals surface area contributed by atoms with Crippen LogP contribution >= 0.6 is 0 Å². The van der Waals surface area contributed by atoms with Crippen LogP contribution in [0.25, 0.3) is 0 Å². The molecule has 1 aromatic heterocycles. The molecule has 0 bridgehead atoms. The van der Waals surface area contributed by atoms with E-state index >= 15 is 0 Å². The van der Waals surface area contributed by atoms with Crippen LogP contribution in [0.3, 0.4) is 0 Å². The van der Waals surface area contributed by atoms with Crippen molar-refractivity contribution in [2.24, 2.45) is 11.7 Å². The first-order valence-electron chi connectivity index (χ1n) is 8.21. The maximum Gasteiger partial charge on any atom is 0.110 e. The van der Waals surface area contributed by atoms with Crippen molar-refractivity contribution >= 4 is 0 Å². The Morgan fingerprint density at radius 1 is 1.14 bits per heavy atom. The lowest BCUT2D eigenvalue weighted by Crippen LogP contribution is -2.36. The van der Waals surface area contributed by atoms with Crippen molar-refractivity contribution in [3.8, 4) is 0 Å². The van der Waals surface area contributed by atoms with Crippen LogP contribution in [0.2, 0.25) is 0 Å². The largest absolute Gasteiger partial charge is 0.371 e. The Labute approximate surface area is 125 Å². The molecule has 0 radical (unpaired) electrons. The van der Waals surface area contributed by atoms with Crippen molar-refractivity contribution in [3.63, 3.8) is 0 Å². The summed E-state index contributed by atoms with van der Waals surface area (Å²) in [4.78, 5) is 0. The average Bonchev–Trinajstić information content (AvgIpc) is 3.18. The fourth-order valence-electron chi connectivity index (χ4n) is 3.99. The van der Waals surface area contributed by atoms with Gasteiger partial charge in [0.2, 0.25) is 0 Å². The summed E-state index contributed by atoms with van der Waals surface area (Å²) in [6, 6.07) is 0.112. The molecule has 4 rings (SSSR count). The summed E-state index contributed by atoms with van der Waals surface area (Å²) in [5, 5.41) is 8.67. The Kier molecular flexibility index (Phi) is 3.69. The van der Waals surface area contributed by atoms with E-state index < -0.39 is 0 Å². The molecule has 3 heterocycles. The van der Waals surface area contributed by atoms with E-state index in [0.717, 1.165) is 18.0 Å². The van der Waals surface area contributed by atoms with Crippen molar-refractivity contribution in [1.29, 1.82) is 0 Å². The van der Waals surface area contributed by atoms with Gasteiger partial charge in [0.15, 0.2) is 0 Å². The monoisotopic (exact) mass is 292 g/mol. The number of hydrogen-bond donors (Lipinski definition) is 1. The van der Waals surface area contributed by atoms with Gasteiger partial charge < -0.3 is 15.2 Å². The molecule has 0 amide bonds. The second kappa shape index (κ2) is 5.66. The van der Waals surface area contributed by atoms with Crippen LogP contribution in [0.15, 0.2) is 6.20 Å². The molecule has 6 nitrogen and oxygen atoms in total. The van der Waals surface area contributed by atoms with Gasteiger partial charge in [-0.3, -0.25) is 0 Å². The SMILES string of the molecule is N[C@H]1CO[C@H]2[C@H]1OC[C@H]2n1cc(CC2CCCCC2)nn1. The molecule has 1 aromatic rings. The van der Waals surface area contributed by atoms with Crippen molar-refractivity contribution in [3.05, 3.63) is 11.9 Å². The fraction of sp³-hybridized carbons (Fsp3) is 0.867. The minimum absolute atomic E-state index is 0.00905. The van der Waals surface area contributed by atoms with Crippen LogP contribution in [-0.4, -0.2) is 46.5 Å². The molecule has 6 heteroatoms. The van der Waals surface area contributed by atoms with Crippen LogP contribution in [0.4, 0.5) is 0 Å². The van der Waals surface area contributed by atoms with E-state index in [0.29, 0.717) is 13.2 Å². The summed E-state index contributed by atoms with van der Waals surface area (Å²) in [6.07, 6.45) is 9.98. The fourth-order valence-corrected chi connectivity index (χ4v) is 3.99. The molecule has 1 saturated carbocycles. The van der Waals surface area contributed by atoms with E-state index in [1.54, 1.807) is 0 Å². The molecule has 3 aliphatic rings. The highest BCUT2D eigenvalue weighted by Crippen LogP contribution is 2.33. The summed E-state index contributed by atoms with van der Waals surface area (Å²) in [5.74, 6) is 0.785. The van der Waals surface area contributed by atoms with Gasteiger partial charge in [0.25, 0.3) is 0 Å². The van der Waals surface area contributed by atoms with E-state index in [1.807, 2.05) is 4.68 Å².